The third-order valence-electron chi connectivity index (χ3n) is 0.118. The summed E-state index contributed by atoms with van der Waals surface area (Å²) in [6.45, 7) is -0.431. The maximum atomic E-state index is 9.08. The molecule has 0 aliphatic heterocycles. The zero-order valence-electron chi connectivity index (χ0n) is 2.52. The Balaban J connectivity index is 1.97. The van der Waals surface area contributed by atoms with Crippen molar-refractivity contribution in [3.05, 3.63) is 0 Å². The van der Waals surface area contributed by atoms with Crippen LogP contribution in [0.15, 0.2) is 0 Å². The highest BCUT2D eigenvalue weighted by Crippen LogP contribution is 1.48. The average molecular weight is 61.1 g/mol. The van der Waals surface area contributed by atoms with Crippen LogP contribution in [0, 0.1) is 0 Å². The Morgan fingerprint density at radius 1 is 2.00 bits per heavy atom. The SMILES string of the molecule is COC[O+]. The molecule has 0 heterocycles. The summed E-state index contributed by atoms with van der Waals surface area (Å²) in [6, 6.07) is 0. The van der Waals surface area contributed by atoms with E-state index < -0.39 is 6.79 Å². The third-order valence-corrected chi connectivity index (χ3v) is 0.118. The van der Waals surface area contributed by atoms with Gasteiger partial charge < -0.3 is 4.74 Å². The molecule has 0 atom stereocenters. The van der Waals surface area contributed by atoms with Gasteiger partial charge >= 0.3 is 11.9 Å². The molecule has 0 amide bonds. The predicted molar refractivity (Wildman–Crippen MR) is 12.6 cm³/mol. The second-order valence-electron chi connectivity index (χ2n) is 0.407. The minimum atomic E-state index is -0.431. The minimum absolute atomic E-state index is 0.431. The summed E-state index contributed by atoms with van der Waals surface area (Å²) in [4.78, 5) is 0. The topological polar surface area (TPSA) is 29.1 Å². The third kappa shape index (κ3) is 1.92. The van der Waals surface area contributed by atoms with E-state index in [9.17, 15) is 0 Å². The van der Waals surface area contributed by atoms with E-state index in [4.69, 9.17) is 5.11 Å². The van der Waals surface area contributed by atoms with Gasteiger partial charge in [-0.1, -0.05) is 0 Å². The van der Waals surface area contributed by atoms with Crippen molar-refractivity contribution in [2.45, 2.75) is 0 Å². The lowest BCUT2D eigenvalue weighted by Crippen LogP contribution is -1.76. The molecule has 0 aliphatic carbocycles. The van der Waals surface area contributed by atoms with Crippen LogP contribution in [-0.4, -0.2) is 13.9 Å². The molecule has 0 saturated carbocycles. The fourth-order valence-electron chi connectivity index (χ4n) is 0. The van der Waals surface area contributed by atoms with Crippen LogP contribution in [0.5, 0.6) is 0 Å². The first kappa shape index (κ1) is 3.92. The lowest BCUT2D eigenvalue weighted by molar-refractivity contribution is -0.0165. The number of rotatable bonds is 1. The Kier molecular flexibility index (Phi) is 2.86. The van der Waals surface area contributed by atoms with Crippen LogP contribution in [-0.2, 0) is 9.84 Å². The number of hydrogen-bond acceptors (Lipinski definition) is 1. The molecule has 4 heavy (non-hydrogen) atoms. The Morgan fingerprint density at radius 3 is 2.25 bits per heavy atom. The normalized spacial score (nSPS) is 7.50. The first-order valence-corrected chi connectivity index (χ1v) is 0.986. The summed E-state index contributed by atoms with van der Waals surface area (Å²) in [5, 5.41) is 9.08. The Morgan fingerprint density at radius 2 is 2.25 bits per heavy atom. The fraction of sp³-hybridized carbons (Fsp3) is 1.00. The van der Waals surface area contributed by atoms with Crippen LogP contribution in [0.4, 0.5) is 0 Å². The molecule has 24 valence electrons. The number of hydrogen-bond donors (Lipinski definition) is 0. The van der Waals surface area contributed by atoms with E-state index in [0.29, 0.717) is 0 Å². The molecule has 0 aromatic carbocycles. The van der Waals surface area contributed by atoms with Gasteiger partial charge in [0, 0.05) is 7.11 Å². The molecule has 0 unspecified atom stereocenters. The first-order valence-electron chi connectivity index (χ1n) is 0.986. The Labute approximate surface area is 25.0 Å². The smallest absolute Gasteiger partial charge is 0.304 e. The minimum Gasteiger partial charge on any atom is -0.304 e. The summed E-state index contributed by atoms with van der Waals surface area (Å²) in [5.41, 5.74) is 0. The molecule has 0 N–H and O–H groups in total. The highest BCUT2D eigenvalue weighted by molar-refractivity contribution is 3.71. The van der Waals surface area contributed by atoms with Gasteiger partial charge in [0.15, 0.2) is 0 Å². The van der Waals surface area contributed by atoms with E-state index in [1.54, 1.807) is 0 Å². The molecule has 0 rings (SSSR count). The highest BCUT2D eigenvalue weighted by atomic mass is 16.6. The van der Waals surface area contributed by atoms with Gasteiger partial charge in [-0.25, -0.2) is 0 Å². The second kappa shape index (κ2) is 2.92. The van der Waals surface area contributed by atoms with Crippen molar-refractivity contribution in [1.29, 1.82) is 0 Å². The van der Waals surface area contributed by atoms with Crippen LogP contribution in [0.1, 0.15) is 0 Å². The first-order chi connectivity index (χ1) is 1.91. The zero-order valence-corrected chi connectivity index (χ0v) is 2.52. The summed E-state index contributed by atoms with van der Waals surface area (Å²) in [7, 11) is 1.37. The molecule has 0 aliphatic rings. The van der Waals surface area contributed by atoms with Gasteiger partial charge in [0.2, 0.25) is 0 Å². The quantitative estimate of drug-likeness (QED) is 0.310. The van der Waals surface area contributed by atoms with Crippen LogP contribution in [0.2, 0.25) is 0 Å². The van der Waals surface area contributed by atoms with Crippen molar-refractivity contribution in [2.24, 2.45) is 0 Å². The van der Waals surface area contributed by atoms with Crippen LogP contribution < -0.4 is 0 Å². The average Bonchev–Trinajstić information content (AvgIpc) is 1.37. The molecule has 0 aromatic rings. The maximum absolute atomic E-state index is 9.08. The summed E-state index contributed by atoms with van der Waals surface area (Å²) in [5.74, 6) is 0. The predicted octanol–water partition coefficient (Wildman–Crippen LogP) is 0.0208. The molecule has 2 heteroatoms. The number of ether oxygens (including phenoxy) is 1. The molecular weight excluding hydrogens is 56.0 g/mol. The van der Waals surface area contributed by atoms with Gasteiger partial charge in [-0.3, -0.25) is 0 Å². The second-order valence-corrected chi connectivity index (χ2v) is 0.407. The molecule has 2 radical (unpaired) electrons. The van der Waals surface area contributed by atoms with Gasteiger partial charge in [-0.05, 0) is 0 Å². The largest absolute Gasteiger partial charge is 0.443 e. The van der Waals surface area contributed by atoms with E-state index >= 15 is 0 Å². The monoisotopic (exact) mass is 61.0 g/mol. The molecule has 0 bridgehead atoms. The van der Waals surface area contributed by atoms with E-state index in [-0.39, 0.29) is 0 Å². The van der Waals surface area contributed by atoms with Gasteiger partial charge in [-0.2, -0.15) is 0 Å². The molecule has 2 nitrogen and oxygen atoms in total. The zero-order chi connectivity index (χ0) is 3.41. The summed E-state index contributed by atoms with van der Waals surface area (Å²) >= 11 is 0. The lowest BCUT2D eigenvalue weighted by Gasteiger charge is -1.58. The van der Waals surface area contributed by atoms with Crippen LogP contribution in [0.3, 0.4) is 0 Å². The van der Waals surface area contributed by atoms with Gasteiger partial charge in [0.05, 0.1) is 0 Å². The van der Waals surface area contributed by atoms with E-state index in [1.165, 1.54) is 7.11 Å². The number of methoxy groups -OCH3 is 1. The highest BCUT2D eigenvalue weighted by Gasteiger charge is 1.78. The van der Waals surface area contributed by atoms with Gasteiger partial charge in [0.1, 0.15) is 0 Å². The standard InChI is InChI=1S/C2H5O2/c1-4-2-3/h2H2,1H3/q+1. The van der Waals surface area contributed by atoms with Crippen molar-refractivity contribution in [3.63, 3.8) is 0 Å². The Hall–Kier alpha value is -0.0800. The molecule has 0 saturated heterocycles. The molecular formula is C2H5O2+. The molecule has 0 spiro atoms. The van der Waals surface area contributed by atoms with Crippen molar-refractivity contribution in [3.8, 4) is 0 Å². The fourth-order valence-corrected chi connectivity index (χ4v) is 0. The summed E-state index contributed by atoms with van der Waals surface area (Å²) in [6.07, 6.45) is 0. The van der Waals surface area contributed by atoms with Gasteiger partial charge in [0.25, 0.3) is 0 Å². The van der Waals surface area contributed by atoms with Gasteiger partial charge in [-0.15, -0.1) is 0 Å². The molecule has 0 fully saturated rings. The van der Waals surface area contributed by atoms with Crippen LogP contribution >= 0.6 is 0 Å². The molecule has 0 aromatic heterocycles. The van der Waals surface area contributed by atoms with Crippen molar-refractivity contribution >= 4 is 0 Å². The maximum Gasteiger partial charge on any atom is 0.443 e. The lowest BCUT2D eigenvalue weighted by atomic mass is 11.4. The van der Waals surface area contributed by atoms with E-state index in [0.717, 1.165) is 0 Å². The summed E-state index contributed by atoms with van der Waals surface area (Å²) < 4.78 is 3.99. The van der Waals surface area contributed by atoms with Crippen molar-refractivity contribution < 1.29 is 9.84 Å². The van der Waals surface area contributed by atoms with Crippen molar-refractivity contribution in [1.82, 2.24) is 0 Å². The van der Waals surface area contributed by atoms with E-state index in [2.05, 4.69) is 4.74 Å². The van der Waals surface area contributed by atoms with Crippen LogP contribution in [0.25, 0.3) is 0 Å². The Bertz CT molecular complexity index is 6.00. The van der Waals surface area contributed by atoms with Crippen molar-refractivity contribution in [2.75, 3.05) is 13.9 Å². The van der Waals surface area contributed by atoms with E-state index in [1.807, 2.05) is 0 Å².